The molecule has 1 unspecified atom stereocenters. The van der Waals surface area contributed by atoms with Crippen LogP contribution >= 0.6 is 11.9 Å². The Labute approximate surface area is 178 Å². The van der Waals surface area contributed by atoms with Gasteiger partial charge in [0.25, 0.3) is 0 Å². The van der Waals surface area contributed by atoms with Crippen molar-refractivity contribution in [1.29, 1.82) is 0 Å². The smallest absolute Gasteiger partial charge is 0.216 e. The molecular formula is C21H22FN7S. The van der Waals surface area contributed by atoms with E-state index in [2.05, 4.69) is 36.1 Å². The van der Waals surface area contributed by atoms with Gasteiger partial charge >= 0.3 is 0 Å². The zero-order valence-electron chi connectivity index (χ0n) is 16.7. The lowest BCUT2D eigenvalue weighted by atomic mass is 9.99. The highest BCUT2D eigenvalue weighted by Crippen LogP contribution is 2.35. The van der Waals surface area contributed by atoms with Crippen molar-refractivity contribution in [3.63, 3.8) is 0 Å². The van der Waals surface area contributed by atoms with E-state index in [1.165, 1.54) is 12.5 Å². The van der Waals surface area contributed by atoms with Crippen molar-refractivity contribution in [2.45, 2.75) is 32.2 Å². The number of rotatable bonds is 3. The first-order valence-electron chi connectivity index (χ1n) is 10.2. The Morgan fingerprint density at radius 1 is 1.03 bits per heavy atom. The van der Waals surface area contributed by atoms with Crippen LogP contribution in [0.25, 0.3) is 11.6 Å². The van der Waals surface area contributed by atoms with E-state index in [1.807, 2.05) is 12.3 Å². The molecule has 2 aliphatic rings. The van der Waals surface area contributed by atoms with Gasteiger partial charge in [0.05, 0.1) is 17.4 Å². The highest BCUT2D eigenvalue weighted by molar-refractivity contribution is 8.00. The summed E-state index contributed by atoms with van der Waals surface area (Å²) in [6, 6.07) is 5.29. The van der Waals surface area contributed by atoms with E-state index in [-0.39, 0.29) is 6.04 Å². The molecule has 0 aromatic carbocycles. The van der Waals surface area contributed by atoms with Crippen molar-refractivity contribution < 1.29 is 4.39 Å². The lowest BCUT2D eigenvalue weighted by Crippen LogP contribution is -2.35. The number of hydrogen-bond acceptors (Lipinski definition) is 8. The van der Waals surface area contributed by atoms with Crippen molar-refractivity contribution in [2.75, 3.05) is 28.0 Å². The largest absolute Gasteiger partial charge is 0.349 e. The molecule has 5 heterocycles. The third-order valence-electron chi connectivity index (χ3n) is 5.52. The first-order chi connectivity index (χ1) is 14.7. The average molecular weight is 424 g/mol. The maximum Gasteiger partial charge on any atom is 0.216 e. The fourth-order valence-electron chi connectivity index (χ4n) is 3.96. The van der Waals surface area contributed by atoms with Gasteiger partial charge < -0.3 is 9.21 Å². The van der Waals surface area contributed by atoms with Crippen LogP contribution in [-0.2, 0) is 6.42 Å². The van der Waals surface area contributed by atoms with E-state index in [0.717, 1.165) is 42.1 Å². The molecule has 3 aromatic rings. The summed E-state index contributed by atoms with van der Waals surface area (Å²) in [5.41, 5.74) is 2.90. The summed E-state index contributed by atoms with van der Waals surface area (Å²) in [5, 5.41) is 0. The minimum Gasteiger partial charge on any atom is -0.349 e. The van der Waals surface area contributed by atoms with Crippen LogP contribution in [0.2, 0.25) is 0 Å². The van der Waals surface area contributed by atoms with E-state index >= 15 is 0 Å². The van der Waals surface area contributed by atoms with Crippen LogP contribution in [0.3, 0.4) is 0 Å². The molecule has 154 valence electrons. The Morgan fingerprint density at radius 3 is 2.70 bits per heavy atom. The van der Waals surface area contributed by atoms with Crippen molar-refractivity contribution >= 4 is 23.5 Å². The average Bonchev–Trinajstić information content (AvgIpc) is 2.80. The monoisotopic (exact) mass is 423 g/mol. The minimum atomic E-state index is -0.445. The van der Waals surface area contributed by atoms with Gasteiger partial charge in [-0.3, -0.25) is 0 Å². The molecule has 0 saturated carbocycles. The summed E-state index contributed by atoms with van der Waals surface area (Å²) in [7, 11) is 0. The molecule has 1 atom stereocenters. The third-order valence-corrected chi connectivity index (χ3v) is 6.70. The zero-order chi connectivity index (χ0) is 20.5. The number of halogens is 1. The molecule has 0 radical (unpaired) electrons. The van der Waals surface area contributed by atoms with E-state index in [9.17, 15) is 4.39 Å². The first-order valence-corrected chi connectivity index (χ1v) is 11.1. The molecule has 2 aliphatic heterocycles. The quantitative estimate of drug-likeness (QED) is 0.465. The van der Waals surface area contributed by atoms with Gasteiger partial charge in [-0.1, -0.05) is 0 Å². The summed E-state index contributed by atoms with van der Waals surface area (Å²) in [5.74, 6) is 2.33. The zero-order valence-corrected chi connectivity index (χ0v) is 17.5. The van der Waals surface area contributed by atoms with Crippen molar-refractivity contribution in [3.05, 3.63) is 54.0 Å². The number of fused-ring (bicyclic) bond motifs is 1. The van der Waals surface area contributed by atoms with Gasteiger partial charge in [0.15, 0.2) is 11.6 Å². The van der Waals surface area contributed by atoms with Crippen LogP contribution < -0.4 is 9.21 Å². The second kappa shape index (κ2) is 8.14. The van der Waals surface area contributed by atoms with E-state index in [0.29, 0.717) is 24.0 Å². The van der Waals surface area contributed by atoms with Gasteiger partial charge in [-0.15, -0.1) is 0 Å². The molecule has 1 fully saturated rings. The Hall–Kier alpha value is -2.81. The number of nitrogens with zero attached hydrogens (tertiary/aromatic N) is 7. The van der Waals surface area contributed by atoms with Crippen molar-refractivity contribution in [2.24, 2.45) is 0 Å². The van der Waals surface area contributed by atoms with Crippen LogP contribution in [0.1, 0.15) is 37.1 Å². The first kappa shape index (κ1) is 19.2. The highest BCUT2D eigenvalue weighted by atomic mass is 32.2. The molecule has 1 saturated heterocycles. The highest BCUT2D eigenvalue weighted by Gasteiger charge is 2.28. The lowest BCUT2D eigenvalue weighted by molar-refractivity contribution is 0.562. The van der Waals surface area contributed by atoms with Gasteiger partial charge in [-0.05, 0) is 37.8 Å². The topological polar surface area (TPSA) is 70.9 Å². The third kappa shape index (κ3) is 3.69. The van der Waals surface area contributed by atoms with Gasteiger partial charge in [0.2, 0.25) is 5.95 Å². The molecule has 0 aliphatic carbocycles. The van der Waals surface area contributed by atoms with Gasteiger partial charge in [0, 0.05) is 61.5 Å². The molecule has 3 aromatic heterocycles. The second-order valence-electron chi connectivity index (χ2n) is 7.44. The maximum atomic E-state index is 14.4. The Kier molecular flexibility index (Phi) is 5.20. The number of anilines is 2. The fourth-order valence-corrected chi connectivity index (χ4v) is 5.03. The molecule has 0 spiro atoms. The summed E-state index contributed by atoms with van der Waals surface area (Å²) < 4.78 is 16.6. The number of aromatic nitrogens is 5. The SMILES string of the molecule is CC1c2cnc(-c3ncccn3)nc2CCN1c1cc(N2CCCCS2)cc(F)n1. The molecule has 30 heavy (non-hydrogen) atoms. The standard InChI is InChI=1S/C21H22FN7S/c1-14-16-13-25-21(20-23-6-4-7-24-20)26-17(16)5-9-28(14)19-12-15(11-18(22)27-19)29-8-2-3-10-30-29/h4,6-7,11-14H,2-3,5,8-10H2,1H3. The van der Waals surface area contributed by atoms with Crippen LogP contribution in [-0.4, -0.2) is 43.8 Å². The molecule has 7 nitrogen and oxygen atoms in total. The Morgan fingerprint density at radius 2 is 1.90 bits per heavy atom. The van der Waals surface area contributed by atoms with Crippen LogP contribution in [0.4, 0.5) is 15.9 Å². The minimum absolute atomic E-state index is 0.00403. The predicted octanol–water partition coefficient (Wildman–Crippen LogP) is 3.84. The van der Waals surface area contributed by atoms with Crippen molar-refractivity contribution in [3.8, 4) is 11.6 Å². The van der Waals surface area contributed by atoms with Gasteiger partial charge in [0.1, 0.15) is 5.82 Å². The molecule has 0 bridgehead atoms. The summed E-state index contributed by atoms with van der Waals surface area (Å²) in [6.07, 6.45) is 8.27. The second-order valence-corrected chi connectivity index (χ2v) is 8.54. The van der Waals surface area contributed by atoms with Gasteiger partial charge in [-0.2, -0.15) is 4.39 Å². The van der Waals surface area contributed by atoms with Gasteiger partial charge in [-0.25, -0.2) is 24.9 Å². The lowest BCUT2D eigenvalue weighted by Gasteiger charge is -2.36. The number of hydrogen-bond donors (Lipinski definition) is 0. The summed E-state index contributed by atoms with van der Waals surface area (Å²) in [6.45, 7) is 3.73. The molecule has 0 amide bonds. The van der Waals surface area contributed by atoms with Crippen LogP contribution in [0.5, 0.6) is 0 Å². The molecule has 5 rings (SSSR count). The van der Waals surface area contributed by atoms with E-state index < -0.39 is 5.95 Å². The van der Waals surface area contributed by atoms with E-state index in [4.69, 9.17) is 4.98 Å². The fraction of sp³-hybridized carbons (Fsp3) is 0.381. The molecule has 9 heteroatoms. The maximum absolute atomic E-state index is 14.4. The van der Waals surface area contributed by atoms with Crippen LogP contribution in [0, 0.1) is 5.95 Å². The Balaban J connectivity index is 1.43. The van der Waals surface area contributed by atoms with E-state index in [1.54, 1.807) is 30.4 Å². The van der Waals surface area contributed by atoms with Crippen LogP contribution in [0.15, 0.2) is 36.8 Å². The summed E-state index contributed by atoms with van der Waals surface area (Å²) in [4.78, 5) is 24.0. The molecule has 0 N–H and O–H groups in total. The summed E-state index contributed by atoms with van der Waals surface area (Å²) >= 11 is 1.76. The van der Waals surface area contributed by atoms with Crippen molar-refractivity contribution in [1.82, 2.24) is 24.9 Å². The number of pyridine rings is 1. The normalized spacial score (nSPS) is 18.9. The predicted molar refractivity (Wildman–Crippen MR) is 116 cm³/mol. The Bertz CT molecular complexity index is 1040. The molecular weight excluding hydrogens is 401 g/mol.